The number of likely N-dealkylation sites (N-methyl/N-ethyl adjacent to an activating group) is 1. The number of likely N-dealkylation sites (tertiary alicyclic amines) is 1. The molecule has 0 spiro atoms. The molecule has 3 heteroatoms. The van der Waals surface area contributed by atoms with Crippen LogP contribution in [0.4, 0.5) is 0 Å². The lowest BCUT2D eigenvalue weighted by Crippen LogP contribution is -2.35. The molecule has 2 rings (SSSR count). The van der Waals surface area contributed by atoms with Gasteiger partial charge in [0.15, 0.2) is 0 Å². The maximum absolute atomic E-state index is 3.29. The molecule has 0 aromatic carbocycles. The molecule has 58 valence electrons. The Bertz CT molecular complexity index is 135. The fourth-order valence-corrected chi connectivity index (χ4v) is 2.05. The van der Waals surface area contributed by atoms with E-state index in [-0.39, 0.29) is 0 Å². The Kier molecular flexibility index (Phi) is 1.44. The third-order valence-corrected chi connectivity index (χ3v) is 2.94. The minimum Gasteiger partial charge on any atom is -0.302 e. The second-order valence-electron chi connectivity index (χ2n) is 3.48. The first-order chi connectivity index (χ1) is 4.79. The first-order valence-corrected chi connectivity index (χ1v) is 3.97. The molecule has 2 heterocycles. The van der Waals surface area contributed by atoms with Gasteiger partial charge in [-0.3, -0.25) is 10.9 Å². The average Bonchev–Trinajstić information content (AvgIpc) is 2.41. The van der Waals surface area contributed by atoms with Crippen LogP contribution in [0.15, 0.2) is 0 Å². The van der Waals surface area contributed by atoms with Crippen molar-refractivity contribution in [2.45, 2.75) is 19.0 Å². The van der Waals surface area contributed by atoms with E-state index in [0.717, 1.165) is 18.5 Å². The highest BCUT2D eigenvalue weighted by molar-refractivity contribution is 4.96. The number of nitrogens with zero attached hydrogens (tertiary/aromatic N) is 1. The van der Waals surface area contributed by atoms with Crippen LogP contribution < -0.4 is 10.9 Å². The Balaban J connectivity index is 2.09. The highest BCUT2D eigenvalue weighted by Gasteiger charge is 2.39. The quantitative estimate of drug-likeness (QED) is 0.472. The summed E-state index contributed by atoms with van der Waals surface area (Å²) in [6, 6.07) is 1.44. The van der Waals surface area contributed by atoms with Gasteiger partial charge in [0.1, 0.15) is 0 Å². The Hall–Kier alpha value is -0.120. The highest BCUT2D eigenvalue weighted by Crippen LogP contribution is 2.24. The molecule has 0 aromatic rings. The van der Waals surface area contributed by atoms with Crippen LogP contribution in [-0.4, -0.2) is 37.1 Å². The molecule has 0 saturated carbocycles. The number of fused-ring (bicyclic) bond motifs is 1. The van der Waals surface area contributed by atoms with Crippen molar-refractivity contribution in [1.29, 1.82) is 0 Å². The fourth-order valence-electron chi connectivity index (χ4n) is 2.05. The van der Waals surface area contributed by atoms with Crippen molar-refractivity contribution in [3.8, 4) is 0 Å². The van der Waals surface area contributed by atoms with E-state index in [1.165, 1.54) is 6.54 Å². The molecule has 3 nitrogen and oxygen atoms in total. The molecule has 0 bridgehead atoms. The van der Waals surface area contributed by atoms with Gasteiger partial charge in [-0.1, -0.05) is 0 Å². The molecule has 2 aliphatic rings. The van der Waals surface area contributed by atoms with E-state index in [4.69, 9.17) is 0 Å². The molecule has 3 unspecified atom stereocenters. The fraction of sp³-hybridized carbons (Fsp3) is 1.00. The van der Waals surface area contributed by atoms with Crippen LogP contribution in [0.2, 0.25) is 0 Å². The third-order valence-electron chi connectivity index (χ3n) is 2.94. The van der Waals surface area contributed by atoms with Gasteiger partial charge >= 0.3 is 0 Å². The minimum absolute atomic E-state index is 0.694. The van der Waals surface area contributed by atoms with E-state index in [0.29, 0.717) is 6.04 Å². The number of hydrogen-bond acceptors (Lipinski definition) is 3. The molecule has 2 saturated heterocycles. The molecule has 2 fully saturated rings. The zero-order valence-electron chi connectivity index (χ0n) is 6.59. The van der Waals surface area contributed by atoms with Gasteiger partial charge in [-0.05, 0) is 14.0 Å². The van der Waals surface area contributed by atoms with Gasteiger partial charge in [-0.15, -0.1) is 0 Å². The second-order valence-corrected chi connectivity index (χ2v) is 3.48. The smallest absolute Gasteiger partial charge is 0.0395 e. The summed E-state index contributed by atoms with van der Waals surface area (Å²) in [5.74, 6) is 0.824. The zero-order chi connectivity index (χ0) is 7.14. The van der Waals surface area contributed by atoms with Crippen LogP contribution in [0.1, 0.15) is 6.92 Å². The summed E-state index contributed by atoms with van der Waals surface area (Å²) in [5, 5.41) is 0. The van der Waals surface area contributed by atoms with Crippen LogP contribution >= 0.6 is 0 Å². The van der Waals surface area contributed by atoms with Crippen molar-refractivity contribution in [1.82, 2.24) is 15.8 Å². The van der Waals surface area contributed by atoms with Crippen molar-refractivity contribution < 1.29 is 0 Å². The van der Waals surface area contributed by atoms with Crippen LogP contribution in [0, 0.1) is 5.92 Å². The van der Waals surface area contributed by atoms with Crippen molar-refractivity contribution >= 4 is 0 Å². The van der Waals surface area contributed by atoms with Gasteiger partial charge in [0.25, 0.3) is 0 Å². The van der Waals surface area contributed by atoms with Crippen LogP contribution in [0.5, 0.6) is 0 Å². The van der Waals surface area contributed by atoms with Gasteiger partial charge < -0.3 is 4.90 Å². The average molecular weight is 141 g/mol. The molecular weight excluding hydrogens is 126 g/mol. The summed E-state index contributed by atoms with van der Waals surface area (Å²) in [6.45, 7) is 4.63. The summed E-state index contributed by atoms with van der Waals surface area (Å²) in [6.07, 6.45) is 0. The van der Waals surface area contributed by atoms with E-state index in [1.807, 2.05) is 0 Å². The lowest BCUT2D eigenvalue weighted by atomic mass is 10.0. The van der Waals surface area contributed by atoms with Gasteiger partial charge in [0.05, 0.1) is 0 Å². The van der Waals surface area contributed by atoms with Gasteiger partial charge in [0, 0.05) is 31.1 Å². The van der Waals surface area contributed by atoms with Crippen LogP contribution in [-0.2, 0) is 0 Å². The van der Waals surface area contributed by atoms with Crippen molar-refractivity contribution in [3.05, 3.63) is 0 Å². The van der Waals surface area contributed by atoms with Crippen LogP contribution in [0.25, 0.3) is 0 Å². The lowest BCUT2D eigenvalue weighted by Gasteiger charge is -2.17. The number of nitrogens with one attached hydrogen (secondary N) is 2. The number of hydrogen-bond donors (Lipinski definition) is 2. The Morgan fingerprint density at radius 3 is 3.00 bits per heavy atom. The Labute approximate surface area is 61.7 Å². The normalized spacial score (nSPS) is 48.0. The molecule has 0 radical (unpaired) electrons. The molecule has 0 aliphatic carbocycles. The molecule has 0 aromatic heterocycles. The van der Waals surface area contributed by atoms with E-state index in [2.05, 4.69) is 29.7 Å². The highest BCUT2D eigenvalue weighted by atomic mass is 15.4. The van der Waals surface area contributed by atoms with Crippen molar-refractivity contribution in [3.63, 3.8) is 0 Å². The van der Waals surface area contributed by atoms with Crippen molar-refractivity contribution in [2.24, 2.45) is 5.92 Å². The Morgan fingerprint density at radius 1 is 1.50 bits per heavy atom. The first-order valence-electron chi connectivity index (χ1n) is 3.97. The third kappa shape index (κ3) is 0.779. The lowest BCUT2D eigenvalue weighted by molar-refractivity contribution is 0.288. The van der Waals surface area contributed by atoms with Crippen LogP contribution in [0.3, 0.4) is 0 Å². The maximum Gasteiger partial charge on any atom is 0.0395 e. The predicted octanol–water partition coefficient (Wildman–Crippen LogP) is -0.587. The standard InChI is InChI=1S/C7H15N3/c1-5-6-3-8-9-7(6)4-10(5)2/h5-9H,3-4H2,1-2H3. The van der Waals surface area contributed by atoms with Gasteiger partial charge in [0.2, 0.25) is 0 Å². The summed E-state index contributed by atoms with van der Waals surface area (Å²) >= 11 is 0. The zero-order valence-corrected chi connectivity index (χ0v) is 6.59. The second kappa shape index (κ2) is 2.19. The summed E-state index contributed by atoms with van der Waals surface area (Å²) in [7, 11) is 2.20. The Morgan fingerprint density at radius 2 is 2.30 bits per heavy atom. The molecule has 0 amide bonds. The van der Waals surface area contributed by atoms with E-state index in [1.54, 1.807) is 0 Å². The largest absolute Gasteiger partial charge is 0.302 e. The minimum atomic E-state index is 0.694. The monoisotopic (exact) mass is 141 g/mol. The number of rotatable bonds is 0. The molecule has 2 N–H and O–H groups in total. The molecule has 10 heavy (non-hydrogen) atoms. The first kappa shape index (κ1) is 6.58. The van der Waals surface area contributed by atoms with Crippen molar-refractivity contribution in [2.75, 3.05) is 20.1 Å². The predicted molar refractivity (Wildman–Crippen MR) is 40.5 cm³/mol. The number of hydrazine groups is 1. The summed E-state index contributed by atoms with van der Waals surface area (Å²) < 4.78 is 0. The van der Waals surface area contributed by atoms with E-state index < -0.39 is 0 Å². The topological polar surface area (TPSA) is 27.3 Å². The van der Waals surface area contributed by atoms with E-state index in [9.17, 15) is 0 Å². The summed E-state index contributed by atoms with van der Waals surface area (Å²) in [4.78, 5) is 2.42. The van der Waals surface area contributed by atoms with Gasteiger partial charge in [-0.25, -0.2) is 0 Å². The SMILES string of the molecule is CC1C2CNNC2CN1C. The maximum atomic E-state index is 3.29. The van der Waals surface area contributed by atoms with E-state index >= 15 is 0 Å². The molecular formula is C7H15N3. The molecule has 2 aliphatic heterocycles. The molecule has 3 atom stereocenters. The summed E-state index contributed by atoms with van der Waals surface area (Å²) in [5.41, 5.74) is 6.49. The van der Waals surface area contributed by atoms with Gasteiger partial charge in [-0.2, -0.15) is 0 Å².